The minimum atomic E-state index is 0.623. The Morgan fingerprint density at radius 1 is 1.00 bits per heavy atom. The Hall–Kier alpha value is -1.80. The molecule has 1 aliphatic rings. The summed E-state index contributed by atoms with van der Waals surface area (Å²) < 4.78 is 5.91. The van der Waals surface area contributed by atoms with Crippen molar-refractivity contribution in [3.05, 3.63) is 65.7 Å². The third-order valence-electron chi connectivity index (χ3n) is 4.68. The van der Waals surface area contributed by atoms with Crippen molar-refractivity contribution in [1.82, 2.24) is 5.32 Å². The van der Waals surface area contributed by atoms with E-state index in [1.807, 2.05) is 24.3 Å². The van der Waals surface area contributed by atoms with Crippen LogP contribution in [0.2, 0.25) is 0 Å². The van der Waals surface area contributed by atoms with Gasteiger partial charge in [0.15, 0.2) is 0 Å². The van der Waals surface area contributed by atoms with Gasteiger partial charge in [-0.25, -0.2) is 0 Å². The summed E-state index contributed by atoms with van der Waals surface area (Å²) in [5.74, 6) is 1.81. The average Bonchev–Trinajstić information content (AvgIpc) is 2.60. The summed E-state index contributed by atoms with van der Waals surface area (Å²) in [5.41, 5.74) is 2.50. The number of nitrogens with one attached hydrogen (secondary N) is 1. The molecule has 3 rings (SSSR count). The van der Waals surface area contributed by atoms with E-state index in [1.165, 1.54) is 36.8 Å². The van der Waals surface area contributed by atoms with Crippen molar-refractivity contribution in [2.45, 2.75) is 51.8 Å². The topological polar surface area (TPSA) is 21.3 Å². The molecule has 122 valence electrons. The molecule has 0 heterocycles. The van der Waals surface area contributed by atoms with Gasteiger partial charge in [-0.1, -0.05) is 62.2 Å². The van der Waals surface area contributed by atoms with E-state index < -0.39 is 0 Å². The molecule has 0 amide bonds. The fourth-order valence-electron chi connectivity index (χ4n) is 3.37. The first-order valence-electron chi connectivity index (χ1n) is 8.78. The molecule has 1 aliphatic carbocycles. The van der Waals surface area contributed by atoms with Crippen LogP contribution < -0.4 is 10.1 Å². The third-order valence-corrected chi connectivity index (χ3v) is 4.68. The zero-order valence-electron chi connectivity index (χ0n) is 14.0. The largest absolute Gasteiger partial charge is 0.489 e. The molecule has 0 aromatic heterocycles. The Balaban J connectivity index is 1.50. The van der Waals surface area contributed by atoms with Gasteiger partial charge in [-0.15, -0.1) is 0 Å². The zero-order valence-corrected chi connectivity index (χ0v) is 14.0. The molecule has 2 heteroatoms. The van der Waals surface area contributed by atoms with Crippen LogP contribution in [-0.4, -0.2) is 6.04 Å². The molecule has 2 nitrogen and oxygen atoms in total. The number of benzene rings is 2. The van der Waals surface area contributed by atoms with E-state index in [9.17, 15) is 0 Å². The number of rotatable bonds is 6. The fraction of sp³-hybridized carbons (Fsp3) is 0.429. The lowest BCUT2D eigenvalue weighted by Gasteiger charge is -2.27. The van der Waals surface area contributed by atoms with Gasteiger partial charge in [-0.3, -0.25) is 0 Å². The molecule has 1 N–H and O–H groups in total. The first-order valence-corrected chi connectivity index (χ1v) is 8.78. The van der Waals surface area contributed by atoms with E-state index in [2.05, 4.69) is 42.6 Å². The van der Waals surface area contributed by atoms with E-state index in [0.717, 1.165) is 18.2 Å². The lowest BCUT2D eigenvalue weighted by atomic mass is 9.87. The van der Waals surface area contributed by atoms with Crippen LogP contribution in [-0.2, 0) is 13.2 Å². The van der Waals surface area contributed by atoms with Crippen molar-refractivity contribution >= 4 is 0 Å². The summed E-state index contributed by atoms with van der Waals surface area (Å²) in [6.45, 7) is 3.92. The SMILES string of the molecule is CC1CCCC(NCc2cccc(OCc3ccccc3)c2)C1. The van der Waals surface area contributed by atoms with Gasteiger partial charge in [0.1, 0.15) is 12.4 Å². The quantitative estimate of drug-likeness (QED) is 0.816. The lowest BCUT2D eigenvalue weighted by Crippen LogP contribution is -2.33. The number of ether oxygens (including phenoxy) is 1. The summed E-state index contributed by atoms with van der Waals surface area (Å²) in [4.78, 5) is 0. The van der Waals surface area contributed by atoms with Gasteiger partial charge in [0.2, 0.25) is 0 Å². The zero-order chi connectivity index (χ0) is 15.9. The van der Waals surface area contributed by atoms with E-state index >= 15 is 0 Å². The standard InChI is InChI=1S/C21H27NO/c1-17-7-5-11-20(13-17)22-15-19-10-6-12-21(14-19)23-16-18-8-3-2-4-9-18/h2-4,6,8-10,12,14,17,20,22H,5,7,11,13,15-16H2,1H3. The predicted octanol–water partition coefficient (Wildman–Crippen LogP) is 4.93. The Morgan fingerprint density at radius 3 is 2.65 bits per heavy atom. The Labute approximate surface area is 139 Å². The van der Waals surface area contributed by atoms with Crippen molar-refractivity contribution in [2.75, 3.05) is 0 Å². The molecule has 2 aromatic carbocycles. The van der Waals surface area contributed by atoms with Crippen LogP contribution in [0.3, 0.4) is 0 Å². The molecule has 0 bridgehead atoms. The Bertz CT molecular complexity index is 596. The summed E-state index contributed by atoms with van der Waals surface area (Å²) in [6.07, 6.45) is 5.37. The first kappa shape index (κ1) is 16.1. The van der Waals surface area contributed by atoms with Crippen LogP contribution in [0.4, 0.5) is 0 Å². The summed E-state index contributed by atoms with van der Waals surface area (Å²) >= 11 is 0. The first-order chi connectivity index (χ1) is 11.3. The van der Waals surface area contributed by atoms with E-state index in [1.54, 1.807) is 0 Å². The minimum absolute atomic E-state index is 0.623. The van der Waals surface area contributed by atoms with E-state index in [4.69, 9.17) is 4.74 Å². The molecule has 1 saturated carbocycles. The van der Waals surface area contributed by atoms with Crippen LogP contribution >= 0.6 is 0 Å². The van der Waals surface area contributed by atoms with Gasteiger partial charge in [0, 0.05) is 12.6 Å². The smallest absolute Gasteiger partial charge is 0.120 e. The molecular formula is C21H27NO. The van der Waals surface area contributed by atoms with Crippen LogP contribution in [0, 0.1) is 5.92 Å². The highest BCUT2D eigenvalue weighted by Crippen LogP contribution is 2.24. The minimum Gasteiger partial charge on any atom is -0.489 e. The lowest BCUT2D eigenvalue weighted by molar-refractivity contribution is 0.298. The maximum atomic E-state index is 5.91. The van der Waals surface area contributed by atoms with Crippen molar-refractivity contribution in [3.8, 4) is 5.75 Å². The van der Waals surface area contributed by atoms with Crippen LogP contribution in [0.1, 0.15) is 43.7 Å². The molecule has 0 spiro atoms. The average molecular weight is 309 g/mol. The molecule has 23 heavy (non-hydrogen) atoms. The second kappa shape index (κ2) is 8.16. The summed E-state index contributed by atoms with van der Waals surface area (Å²) in [7, 11) is 0. The van der Waals surface area contributed by atoms with Crippen LogP contribution in [0.15, 0.2) is 54.6 Å². The molecular weight excluding hydrogens is 282 g/mol. The van der Waals surface area contributed by atoms with Crippen LogP contribution in [0.25, 0.3) is 0 Å². The van der Waals surface area contributed by atoms with Crippen molar-refractivity contribution in [1.29, 1.82) is 0 Å². The number of hydrogen-bond donors (Lipinski definition) is 1. The predicted molar refractivity (Wildman–Crippen MR) is 95.5 cm³/mol. The molecule has 1 fully saturated rings. The van der Waals surface area contributed by atoms with Crippen LogP contribution in [0.5, 0.6) is 5.75 Å². The van der Waals surface area contributed by atoms with Gasteiger partial charge < -0.3 is 10.1 Å². The van der Waals surface area contributed by atoms with Gasteiger partial charge in [0.05, 0.1) is 0 Å². The Morgan fingerprint density at radius 2 is 1.83 bits per heavy atom. The van der Waals surface area contributed by atoms with Gasteiger partial charge >= 0.3 is 0 Å². The Kier molecular flexibility index (Phi) is 5.71. The maximum Gasteiger partial charge on any atom is 0.120 e. The molecule has 0 aliphatic heterocycles. The van der Waals surface area contributed by atoms with Gasteiger partial charge in [-0.2, -0.15) is 0 Å². The highest BCUT2D eigenvalue weighted by atomic mass is 16.5. The normalized spacial score (nSPS) is 21.1. The maximum absolute atomic E-state index is 5.91. The second-order valence-corrected chi connectivity index (χ2v) is 6.77. The summed E-state index contributed by atoms with van der Waals surface area (Å²) in [5, 5.41) is 3.71. The second-order valence-electron chi connectivity index (χ2n) is 6.77. The third kappa shape index (κ3) is 5.11. The van der Waals surface area contributed by atoms with Crippen molar-refractivity contribution < 1.29 is 4.74 Å². The van der Waals surface area contributed by atoms with Crippen molar-refractivity contribution in [2.24, 2.45) is 5.92 Å². The molecule has 2 atom stereocenters. The highest BCUT2D eigenvalue weighted by molar-refractivity contribution is 5.29. The highest BCUT2D eigenvalue weighted by Gasteiger charge is 2.17. The van der Waals surface area contributed by atoms with Gasteiger partial charge in [0.25, 0.3) is 0 Å². The number of hydrogen-bond acceptors (Lipinski definition) is 2. The fourth-order valence-corrected chi connectivity index (χ4v) is 3.37. The van der Waals surface area contributed by atoms with Gasteiger partial charge in [-0.05, 0) is 42.0 Å². The van der Waals surface area contributed by atoms with E-state index in [0.29, 0.717) is 12.6 Å². The molecule has 2 aromatic rings. The molecule has 0 saturated heterocycles. The van der Waals surface area contributed by atoms with E-state index in [-0.39, 0.29) is 0 Å². The molecule has 0 radical (unpaired) electrons. The van der Waals surface area contributed by atoms with Crippen molar-refractivity contribution in [3.63, 3.8) is 0 Å². The summed E-state index contributed by atoms with van der Waals surface area (Å²) in [6, 6.07) is 19.4. The monoisotopic (exact) mass is 309 g/mol. The molecule has 2 unspecified atom stereocenters.